The van der Waals surface area contributed by atoms with Crippen molar-refractivity contribution >= 4 is 17.4 Å². The maximum absolute atomic E-state index is 12.1. The van der Waals surface area contributed by atoms with E-state index in [-0.39, 0.29) is 24.4 Å². The van der Waals surface area contributed by atoms with Crippen LogP contribution in [0.15, 0.2) is 36.4 Å². The number of nitriles is 1. The molecule has 0 saturated heterocycles. The highest BCUT2D eigenvalue weighted by Gasteiger charge is 2.47. The third-order valence-corrected chi connectivity index (χ3v) is 5.93. The van der Waals surface area contributed by atoms with E-state index in [0.29, 0.717) is 35.6 Å². The van der Waals surface area contributed by atoms with E-state index in [4.69, 9.17) is 26.3 Å². The van der Waals surface area contributed by atoms with Crippen LogP contribution in [0, 0.1) is 29.1 Å². The predicted molar refractivity (Wildman–Crippen MR) is 106 cm³/mol. The van der Waals surface area contributed by atoms with Gasteiger partial charge in [0.2, 0.25) is 0 Å². The van der Waals surface area contributed by atoms with Crippen LogP contribution in [0.4, 0.5) is 0 Å². The number of aliphatic hydroxyl groups is 1. The first-order valence-electron chi connectivity index (χ1n) is 9.83. The Labute approximate surface area is 170 Å². The number of carbonyl (C=O) groups is 1. The first-order chi connectivity index (χ1) is 13.6. The highest BCUT2D eigenvalue weighted by molar-refractivity contribution is 6.30. The van der Waals surface area contributed by atoms with Gasteiger partial charge in [0.15, 0.2) is 12.4 Å². The van der Waals surface area contributed by atoms with Crippen LogP contribution in [0.1, 0.15) is 32.1 Å². The number of ether oxygens (including phenoxy) is 2. The number of carbonyl (C=O) groups excluding carboxylic acids is 1. The SMILES string of the molecule is N#CCCCOC1C[C@H]2C[C@H](O)[C@@H](C=CC(=O)COc3ccc(Cl)cc3)[C@@H]2C1. The van der Waals surface area contributed by atoms with E-state index >= 15 is 0 Å². The highest BCUT2D eigenvalue weighted by atomic mass is 35.5. The molecule has 5 nitrogen and oxygen atoms in total. The molecule has 150 valence electrons. The Kier molecular flexibility index (Phi) is 7.50. The molecule has 0 radical (unpaired) electrons. The summed E-state index contributed by atoms with van der Waals surface area (Å²) in [6.07, 6.45) is 7.06. The van der Waals surface area contributed by atoms with E-state index in [1.165, 1.54) is 6.08 Å². The Hall–Kier alpha value is -1.87. The van der Waals surface area contributed by atoms with Gasteiger partial charge in [0.25, 0.3) is 0 Å². The smallest absolute Gasteiger partial charge is 0.192 e. The zero-order valence-electron chi connectivity index (χ0n) is 15.8. The molecule has 0 aliphatic heterocycles. The lowest BCUT2D eigenvalue weighted by Gasteiger charge is -2.19. The molecule has 0 bridgehead atoms. The summed E-state index contributed by atoms with van der Waals surface area (Å²) >= 11 is 5.83. The van der Waals surface area contributed by atoms with E-state index in [1.807, 2.05) is 6.08 Å². The van der Waals surface area contributed by atoms with Crippen molar-refractivity contribution in [1.29, 1.82) is 5.26 Å². The number of hydrogen-bond donors (Lipinski definition) is 1. The number of fused-ring (bicyclic) bond motifs is 1. The van der Waals surface area contributed by atoms with Gasteiger partial charge < -0.3 is 14.6 Å². The second kappa shape index (κ2) is 10.1. The van der Waals surface area contributed by atoms with Crippen LogP contribution in [0.2, 0.25) is 5.02 Å². The molecule has 1 N–H and O–H groups in total. The normalized spacial score (nSPS) is 29.0. The van der Waals surface area contributed by atoms with Gasteiger partial charge in [-0.2, -0.15) is 5.26 Å². The molecular formula is C22H26ClNO4. The van der Waals surface area contributed by atoms with Crippen LogP contribution in [0.25, 0.3) is 0 Å². The number of ketones is 1. The molecule has 28 heavy (non-hydrogen) atoms. The van der Waals surface area contributed by atoms with Crippen molar-refractivity contribution in [3.63, 3.8) is 0 Å². The molecule has 0 amide bonds. The second-order valence-corrected chi connectivity index (χ2v) is 8.03. The minimum absolute atomic E-state index is 0.0165. The molecule has 1 unspecified atom stereocenters. The molecule has 5 atom stereocenters. The maximum atomic E-state index is 12.1. The first-order valence-corrected chi connectivity index (χ1v) is 10.2. The quantitative estimate of drug-likeness (QED) is 0.499. The van der Waals surface area contributed by atoms with E-state index in [0.717, 1.165) is 25.7 Å². The van der Waals surface area contributed by atoms with Gasteiger partial charge in [-0.05, 0) is 67.9 Å². The number of rotatable bonds is 9. The summed E-state index contributed by atoms with van der Waals surface area (Å²) in [6, 6.07) is 9.00. The van der Waals surface area contributed by atoms with Gasteiger partial charge >= 0.3 is 0 Å². The minimum Gasteiger partial charge on any atom is -0.485 e. The van der Waals surface area contributed by atoms with Gasteiger partial charge in [-0.15, -0.1) is 0 Å². The second-order valence-electron chi connectivity index (χ2n) is 7.60. The van der Waals surface area contributed by atoms with Crippen LogP contribution in [-0.4, -0.2) is 36.3 Å². The van der Waals surface area contributed by atoms with Crippen molar-refractivity contribution in [2.45, 2.75) is 44.3 Å². The van der Waals surface area contributed by atoms with Gasteiger partial charge in [0.05, 0.1) is 18.3 Å². The Morgan fingerprint density at radius 3 is 2.82 bits per heavy atom. The van der Waals surface area contributed by atoms with Crippen molar-refractivity contribution < 1.29 is 19.4 Å². The maximum Gasteiger partial charge on any atom is 0.192 e. The van der Waals surface area contributed by atoms with E-state index in [2.05, 4.69) is 6.07 Å². The van der Waals surface area contributed by atoms with E-state index in [9.17, 15) is 9.90 Å². The third-order valence-electron chi connectivity index (χ3n) is 5.67. The molecule has 1 aromatic rings. The number of halogens is 1. The number of benzene rings is 1. The van der Waals surface area contributed by atoms with Crippen LogP contribution in [0.5, 0.6) is 5.75 Å². The molecule has 3 rings (SSSR count). The average molecular weight is 404 g/mol. The summed E-state index contributed by atoms with van der Waals surface area (Å²) in [5.41, 5.74) is 0. The summed E-state index contributed by atoms with van der Waals surface area (Å²) in [7, 11) is 0. The summed E-state index contributed by atoms with van der Waals surface area (Å²) in [5.74, 6) is 1.23. The lowest BCUT2D eigenvalue weighted by Crippen LogP contribution is -2.20. The largest absolute Gasteiger partial charge is 0.485 e. The minimum atomic E-state index is -0.407. The molecule has 6 heteroatoms. The summed E-state index contributed by atoms with van der Waals surface area (Å²) < 4.78 is 11.4. The standard InChI is InChI=1S/C22H26ClNO4/c23-16-3-6-18(7-4-16)28-14-17(25)5-8-20-21-13-19(27-10-2-1-9-24)11-15(21)12-22(20)26/h3-8,15,19-22,26H,1-2,10-14H2/t15-,19?,20-,21+,22-/m0/s1. The van der Waals surface area contributed by atoms with Crippen LogP contribution >= 0.6 is 11.6 Å². The van der Waals surface area contributed by atoms with Crippen molar-refractivity contribution in [2.75, 3.05) is 13.2 Å². The number of nitrogens with zero attached hydrogens (tertiary/aromatic N) is 1. The zero-order chi connectivity index (χ0) is 19.9. The Morgan fingerprint density at radius 1 is 1.29 bits per heavy atom. The van der Waals surface area contributed by atoms with Crippen LogP contribution in [0.3, 0.4) is 0 Å². The third kappa shape index (κ3) is 5.57. The molecule has 2 aliphatic rings. The fourth-order valence-corrected chi connectivity index (χ4v) is 4.49. The van der Waals surface area contributed by atoms with Crippen molar-refractivity contribution in [2.24, 2.45) is 17.8 Å². The summed E-state index contributed by atoms with van der Waals surface area (Å²) in [4.78, 5) is 12.1. The number of unbranched alkanes of at least 4 members (excludes halogenated alkanes) is 1. The van der Waals surface area contributed by atoms with Crippen molar-refractivity contribution in [3.8, 4) is 11.8 Å². The first kappa shape index (κ1) is 20.9. The molecule has 0 spiro atoms. The van der Waals surface area contributed by atoms with Crippen LogP contribution in [-0.2, 0) is 9.53 Å². The van der Waals surface area contributed by atoms with Gasteiger partial charge in [-0.1, -0.05) is 17.7 Å². The summed E-state index contributed by atoms with van der Waals surface area (Å²) in [6.45, 7) is 0.570. The lowest BCUT2D eigenvalue weighted by molar-refractivity contribution is -0.116. The molecule has 0 aromatic heterocycles. The molecule has 0 heterocycles. The highest BCUT2D eigenvalue weighted by Crippen LogP contribution is 2.49. The predicted octanol–water partition coefficient (Wildman–Crippen LogP) is 3.94. The number of hydrogen-bond acceptors (Lipinski definition) is 5. The fraction of sp³-hybridized carbons (Fsp3) is 0.545. The molecule has 2 aliphatic carbocycles. The Morgan fingerprint density at radius 2 is 2.07 bits per heavy atom. The average Bonchev–Trinajstić information content (AvgIpc) is 3.19. The van der Waals surface area contributed by atoms with Crippen molar-refractivity contribution in [1.82, 2.24) is 0 Å². The Balaban J connectivity index is 1.46. The fourth-order valence-electron chi connectivity index (χ4n) is 4.36. The van der Waals surface area contributed by atoms with Gasteiger partial charge in [-0.25, -0.2) is 0 Å². The molecular weight excluding hydrogens is 378 g/mol. The summed E-state index contributed by atoms with van der Waals surface area (Å²) in [5, 5.41) is 19.6. The monoisotopic (exact) mass is 403 g/mol. The van der Waals surface area contributed by atoms with Gasteiger partial charge in [0, 0.05) is 24.0 Å². The van der Waals surface area contributed by atoms with Crippen LogP contribution < -0.4 is 4.74 Å². The van der Waals surface area contributed by atoms with E-state index < -0.39 is 6.10 Å². The lowest BCUT2D eigenvalue weighted by atomic mass is 9.90. The molecule has 1 aromatic carbocycles. The van der Waals surface area contributed by atoms with Gasteiger partial charge in [0.1, 0.15) is 5.75 Å². The molecule has 2 saturated carbocycles. The van der Waals surface area contributed by atoms with Crippen molar-refractivity contribution in [3.05, 3.63) is 41.4 Å². The van der Waals surface area contributed by atoms with Gasteiger partial charge in [-0.3, -0.25) is 4.79 Å². The zero-order valence-corrected chi connectivity index (χ0v) is 16.6. The number of aliphatic hydroxyl groups excluding tert-OH is 1. The van der Waals surface area contributed by atoms with E-state index in [1.54, 1.807) is 24.3 Å². The Bertz CT molecular complexity index is 727. The molecule has 2 fully saturated rings. The topological polar surface area (TPSA) is 79.5 Å².